The van der Waals surface area contributed by atoms with E-state index in [4.69, 9.17) is 15.3 Å². The fourth-order valence-electron chi connectivity index (χ4n) is 2.16. The molecule has 0 aliphatic heterocycles. The van der Waals surface area contributed by atoms with Crippen LogP contribution in [-0.4, -0.2) is 33.2 Å². The van der Waals surface area contributed by atoms with Crippen LogP contribution in [0.1, 0.15) is 39.5 Å². The summed E-state index contributed by atoms with van der Waals surface area (Å²) in [6, 6.07) is 0. The molecule has 148 valence electrons. The third-order valence-corrected chi connectivity index (χ3v) is 3.55. The van der Waals surface area contributed by atoms with Crippen LogP contribution in [0, 0.1) is 12.0 Å². The van der Waals surface area contributed by atoms with E-state index in [1.54, 1.807) is 11.1 Å². The minimum Gasteiger partial charge on any atom is -0.478 e. The summed E-state index contributed by atoms with van der Waals surface area (Å²) >= 11 is 0. The number of rotatable bonds is 3. The minimum absolute atomic E-state index is 0. The molecule has 0 bridgehead atoms. The van der Waals surface area contributed by atoms with Gasteiger partial charge in [0.1, 0.15) is 0 Å². The van der Waals surface area contributed by atoms with Gasteiger partial charge in [-0.05, 0) is 0 Å². The first kappa shape index (κ1) is 29.6. The van der Waals surface area contributed by atoms with Crippen LogP contribution in [0.2, 0.25) is 0 Å². The van der Waals surface area contributed by atoms with Crippen molar-refractivity contribution in [2.75, 3.05) is 0 Å². The van der Waals surface area contributed by atoms with E-state index in [0.29, 0.717) is 5.92 Å². The van der Waals surface area contributed by atoms with Crippen molar-refractivity contribution < 1.29 is 51.4 Å². The number of carboxylic acid groups (broad SMARTS) is 3. The zero-order valence-electron chi connectivity index (χ0n) is 15.8. The van der Waals surface area contributed by atoms with E-state index < -0.39 is 17.9 Å². The average Bonchev–Trinajstić information content (AvgIpc) is 2.91. The molecule has 1 unspecified atom stereocenters. The summed E-state index contributed by atoms with van der Waals surface area (Å²) in [5.74, 6) is -2.23. The molecule has 2 aliphatic carbocycles. The monoisotopic (exact) mass is 411 g/mol. The van der Waals surface area contributed by atoms with Gasteiger partial charge in [0.15, 0.2) is 0 Å². The molecule has 0 aromatic carbocycles. The number of carbonyl (C=O) groups is 3. The Labute approximate surface area is 175 Å². The van der Waals surface area contributed by atoms with Crippen LogP contribution < -0.4 is 0 Å². The second kappa shape index (κ2) is 17.2. The van der Waals surface area contributed by atoms with Crippen LogP contribution in [0.5, 0.6) is 0 Å². The van der Waals surface area contributed by atoms with E-state index in [9.17, 15) is 14.4 Å². The summed E-state index contributed by atoms with van der Waals surface area (Å²) in [6.07, 6.45) is 11.4. The van der Waals surface area contributed by atoms with Gasteiger partial charge in [0.05, 0.1) is 0 Å². The quantitative estimate of drug-likeness (QED) is 0.367. The maximum Gasteiger partial charge on any atom is 0.327 e. The van der Waals surface area contributed by atoms with E-state index >= 15 is 0 Å². The van der Waals surface area contributed by atoms with Crippen LogP contribution in [0.25, 0.3) is 0 Å². The van der Waals surface area contributed by atoms with Crippen molar-refractivity contribution in [1.29, 1.82) is 0 Å². The molecule has 27 heavy (non-hydrogen) atoms. The number of hydrogen-bond donors (Lipinski definition) is 3. The summed E-state index contributed by atoms with van der Waals surface area (Å²) < 4.78 is 0. The molecule has 7 heteroatoms. The SMILES string of the molecule is C=CC(=O)O.C=CC(=O)O.C=CC(=O)O.CC1=[C-]C2=C(CCCC2)C1C.[Ti]. The zero-order valence-corrected chi connectivity index (χ0v) is 17.4. The van der Waals surface area contributed by atoms with Gasteiger partial charge < -0.3 is 15.3 Å². The molecule has 3 N–H and O–H groups in total. The van der Waals surface area contributed by atoms with Crippen molar-refractivity contribution in [3.8, 4) is 0 Å². The van der Waals surface area contributed by atoms with E-state index in [-0.39, 0.29) is 21.7 Å². The Kier molecular flexibility index (Phi) is 18.9. The van der Waals surface area contributed by atoms with Gasteiger partial charge in [0, 0.05) is 39.9 Å². The predicted octanol–water partition coefficient (Wildman–Crippen LogP) is 4.02. The van der Waals surface area contributed by atoms with Gasteiger partial charge in [0.2, 0.25) is 0 Å². The maximum atomic E-state index is 9.25. The first-order chi connectivity index (χ1) is 12.1. The van der Waals surface area contributed by atoms with Crippen molar-refractivity contribution in [1.82, 2.24) is 0 Å². The van der Waals surface area contributed by atoms with E-state index in [1.165, 1.54) is 31.3 Å². The number of allylic oxidation sites excluding steroid dienone is 4. The Morgan fingerprint density at radius 1 is 0.926 bits per heavy atom. The van der Waals surface area contributed by atoms with E-state index in [2.05, 4.69) is 39.7 Å². The van der Waals surface area contributed by atoms with E-state index in [0.717, 1.165) is 18.2 Å². The fourth-order valence-corrected chi connectivity index (χ4v) is 2.16. The van der Waals surface area contributed by atoms with Crippen LogP contribution in [-0.2, 0) is 36.1 Å². The van der Waals surface area contributed by atoms with Crippen LogP contribution >= 0.6 is 0 Å². The van der Waals surface area contributed by atoms with Gasteiger partial charge in [-0.2, -0.15) is 5.57 Å². The molecular formula is C20H27O6Ti-. The van der Waals surface area contributed by atoms with Crippen molar-refractivity contribution in [3.05, 3.63) is 60.8 Å². The standard InChI is InChI=1S/C11H15.3C3H4O2.Ti/c1-8-7-10-5-3-4-6-11(10)9(8)2;3*1-2-3(4)5;/h9H,3-6H2,1-2H3;3*2H,1H2,(H,4,5);/q-1;;;;. The van der Waals surface area contributed by atoms with Gasteiger partial charge in [-0.3, -0.25) is 0 Å². The first-order valence-corrected chi connectivity index (χ1v) is 7.99. The Morgan fingerprint density at radius 2 is 1.26 bits per heavy atom. The second-order valence-electron chi connectivity index (χ2n) is 5.37. The van der Waals surface area contributed by atoms with Crippen molar-refractivity contribution >= 4 is 17.9 Å². The van der Waals surface area contributed by atoms with Crippen molar-refractivity contribution in [2.24, 2.45) is 5.92 Å². The van der Waals surface area contributed by atoms with Crippen LogP contribution in [0.3, 0.4) is 0 Å². The molecule has 0 saturated carbocycles. The third-order valence-electron chi connectivity index (χ3n) is 3.55. The molecule has 0 spiro atoms. The Bertz CT molecular complexity index is 559. The van der Waals surface area contributed by atoms with Gasteiger partial charge in [0.25, 0.3) is 0 Å². The van der Waals surface area contributed by atoms with Gasteiger partial charge in [-0.25, -0.2) is 31.6 Å². The smallest absolute Gasteiger partial charge is 0.327 e. The van der Waals surface area contributed by atoms with Crippen molar-refractivity contribution in [2.45, 2.75) is 39.5 Å². The summed E-state index contributed by atoms with van der Waals surface area (Å²) in [5, 5.41) is 22.8. The first-order valence-electron chi connectivity index (χ1n) is 7.99. The molecule has 2 aliphatic rings. The molecule has 2 rings (SSSR count). The number of hydrogen-bond acceptors (Lipinski definition) is 3. The fraction of sp³-hybridized carbons (Fsp3) is 0.350. The third kappa shape index (κ3) is 15.8. The normalized spacial score (nSPS) is 15.9. The molecule has 0 aromatic rings. The van der Waals surface area contributed by atoms with Crippen LogP contribution in [0.4, 0.5) is 0 Å². The topological polar surface area (TPSA) is 112 Å². The van der Waals surface area contributed by atoms with Crippen LogP contribution in [0.15, 0.2) is 54.7 Å². The molecule has 0 heterocycles. The number of aliphatic carboxylic acids is 3. The second-order valence-corrected chi connectivity index (χ2v) is 5.37. The summed E-state index contributed by atoms with van der Waals surface area (Å²) in [5.41, 5.74) is 4.69. The molecule has 1 atom stereocenters. The molecule has 0 aromatic heterocycles. The predicted molar refractivity (Wildman–Crippen MR) is 101 cm³/mol. The molecule has 6 nitrogen and oxygen atoms in total. The summed E-state index contributed by atoms with van der Waals surface area (Å²) in [6.45, 7) is 13.4. The molecule has 0 radical (unpaired) electrons. The molecule has 0 fully saturated rings. The average molecular weight is 411 g/mol. The van der Waals surface area contributed by atoms with Gasteiger partial charge in [-0.1, -0.05) is 65.2 Å². The van der Waals surface area contributed by atoms with E-state index in [1.807, 2.05) is 0 Å². The molecule has 0 amide bonds. The van der Waals surface area contributed by atoms with Gasteiger partial charge in [-0.15, -0.1) is 0 Å². The van der Waals surface area contributed by atoms with Crippen molar-refractivity contribution in [3.63, 3.8) is 0 Å². The molecule has 0 saturated heterocycles. The maximum absolute atomic E-state index is 9.25. The number of carboxylic acids is 3. The zero-order chi connectivity index (χ0) is 20.7. The largest absolute Gasteiger partial charge is 0.478 e. The summed E-state index contributed by atoms with van der Waals surface area (Å²) in [4.78, 5) is 27.8. The Morgan fingerprint density at radius 3 is 1.56 bits per heavy atom. The molecular weight excluding hydrogens is 384 g/mol. The Hall–Kier alpha value is -2.18. The Balaban J connectivity index is -0.000000311. The minimum atomic E-state index is -0.981. The van der Waals surface area contributed by atoms with Gasteiger partial charge >= 0.3 is 17.9 Å². The summed E-state index contributed by atoms with van der Waals surface area (Å²) in [7, 11) is 0.